The van der Waals surface area contributed by atoms with Gasteiger partial charge in [-0.1, -0.05) is 178 Å². The molecular formula is C55H39NO. The van der Waals surface area contributed by atoms with Crippen molar-refractivity contribution in [1.29, 1.82) is 0 Å². The summed E-state index contributed by atoms with van der Waals surface area (Å²) in [6.45, 7) is 4.78. The fraction of sp³-hybridized carbons (Fsp3) is 0.0545. The molecule has 270 valence electrons. The molecule has 0 atom stereocenters. The van der Waals surface area contributed by atoms with E-state index in [1.54, 1.807) is 0 Å². The van der Waals surface area contributed by atoms with E-state index in [4.69, 9.17) is 4.42 Å². The van der Waals surface area contributed by atoms with Gasteiger partial charge in [-0.3, -0.25) is 0 Å². The summed E-state index contributed by atoms with van der Waals surface area (Å²) >= 11 is 0. The van der Waals surface area contributed by atoms with E-state index in [1.165, 1.54) is 66.4 Å². The molecule has 1 aromatic heterocycles. The molecule has 0 N–H and O–H groups in total. The number of hydrogen-bond donors (Lipinski definition) is 0. The third-order valence-electron chi connectivity index (χ3n) is 12.1. The van der Waals surface area contributed by atoms with Crippen molar-refractivity contribution < 1.29 is 4.42 Å². The van der Waals surface area contributed by atoms with Gasteiger partial charge in [0.25, 0.3) is 0 Å². The zero-order chi connectivity index (χ0) is 38.1. The molecule has 0 bridgehead atoms. The molecule has 1 aliphatic carbocycles. The van der Waals surface area contributed by atoms with Crippen LogP contribution in [0.1, 0.15) is 25.0 Å². The van der Waals surface area contributed by atoms with E-state index in [0.29, 0.717) is 0 Å². The van der Waals surface area contributed by atoms with Gasteiger partial charge in [-0.25, -0.2) is 0 Å². The number of nitrogens with zero attached hydrogens (tertiary/aromatic N) is 1. The molecule has 0 fully saturated rings. The summed E-state index contributed by atoms with van der Waals surface area (Å²) in [5.41, 5.74) is 17.4. The van der Waals surface area contributed by atoms with E-state index in [2.05, 4.69) is 213 Å². The molecule has 0 aliphatic heterocycles. The summed E-state index contributed by atoms with van der Waals surface area (Å²) in [4.78, 5) is 2.33. The molecule has 2 heteroatoms. The van der Waals surface area contributed by atoms with Crippen molar-refractivity contribution in [3.05, 3.63) is 211 Å². The molecule has 1 heterocycles. The maximum absolute atomic E-state index is 6.63. The number of furan rings is 1. The Balaban J connectivity index is 1.09. The highest BCUT2D eigenvalue weighted by atomic mass is 16.3. The molecule has 0 unspecified atom stereocenters. The van der Waals surface area contributed by atoms with Crippen LogP contribution < -0.4 is 4.90 Å². The second-order valence-corrected chi connectivity index (χ2v) is 15.7. The predicted molar refractivity (Wildman–Crippen MR) is 240 cm³/mol. The van der Waals surface area contributed by atoms with Gasteiger partial charge in [-0.05, 0) is 103 Å². The Hall–Kier alpha value is -7.16. The van der Waals surface area contributed by atoms with Gasteiger partial charge >= 0.3 is 0 Å². The van der Waals surface area contributed by atoms with Crippen molar-refractivity contribution >= 4 is 49.8 Å². The highest BCUT2D eigenvalue weighted by Crippen LogP contribution is 2.54. The lowest BCUT2D eigenvalue weighted by Gasteiger charge is -2.38. The van der Waals surface area contributed by atoms with Crippen LogP contribution in [0.5, 0.6) is 0 Å². The third kappa shape index (κ3) is 5.25. The van der Waals surface area contributed by atoms with Crippen LogP contribution in [0.25, 0.3) is 77.2 Å². The molecule has 1 aliphatic rings. The number of anilines is 3. The molecule has 0 saturated carbocycles. The predicted octanol–water partition coefficient (Wildman–Crippen LogP) is 15.5. The smallest absolute Gasteiger partial charge is 0.159 e. The second-order valence-electron chi connectivity index (χ2n) is 15.7. The fourth-order valence-electron chi connectivity index (χ4n) is 9.41. The van der Waals surface area contributed by atoms with Crippen LogP contribution in [0.4, 0.5) is 17.1 Å². The Morgan fingerprint density at radius 3 is 1.75 bits per heavy atom. The fourth-order valence-corrected chi connectivity index (χ4v) is 9.41. The van der Waals surface area contributed by atoms with E-state index in [0.717, 1.165) is 39.0 Å². The van der Waals surface area contributed by atoms with E-state index < -0.39 is 0 Å². The number of hydrogen-bond acceptors (Lipinski definition) is 2. The van der Waals surface area contributed by atoms with Gasteiger partial charge in [0.05, 0.1) is 5.69 Å². The number of rotatable bonds is 6. The number of para-hydroxylation sites is 2. The zero-order valence-electron chi connectivity index (χ0n) is 31.9. The summed E-state index contributed by atoms with van der Waals surface area (Å²) in [7, 11) is 0. The zero-order valence-corrected chi connectivity index (χ0v) is 31.9. The first-order valence-corrected chi connectivity index (χ1v) is 19.8. The number of fused-ring (bicyclic) bond motifs is 5. The Bertz CT molecular complexity index is 3120. The van der Waals surface area contributed by atoms with Gasteiger partial charge in [-0.2, -0.15) is 0 Å². The normalized spacial score (nSPS) is 12.9. The quantitative estimate of drug-likeness (QED) is 0.169. The summed E-state index contributed by atoms with van der Waals surface area (Å²) in [5, 5.41) is 4.84. The maximum atomic E-state index is 6.63. The minimum Gasteiger partial charge on any atom is -0.454 e. The molecule has 0 saturated heterocycles. The topological polar surface area (TPSA) is 16.4 Å². The van der Waals surface area contributed by atoms with Crippen molar-refractivity contribution in [1.82, 2.24) is 0 Å². The van der Waals surface area contributed by atoms with Gasteiger partial charge in [-0.15, -0.1) is 0 Å². The van der Waals surface area contributed by atoms with E-state index in [-0.39, 0.29) is 5.41 Å². The van der Waals surface area contributed by atoms with Crippen LogP contribution in [-0.4, -0.2) is 0 Å². The lowest BCUT2D eigenvalue weighted by molar-refractivity contribution is 0.647. The summed E-state index contributed by atoms with van der Waals surface area (Å²) < 4.78 is 6.63. The number of benzene rings is 9. The molecule has 10 aromatic rings. The first kappa shape index (κ1) is 33.2. The van der Waals surface area contributed by atoms with E-state index in [9.17, 15) is 0 Å². The molecule has 11 rings (SSSR count). The van der Waals surface area contributed by atoms with Crippen LogP contribution in [0.2, 0.25) is 0 Å². The minimum atomic E-state index is -0.189. The van der Waals surface area contributed by atoms with E-state index in [1.807, 2.05) is 6.07 Å². The van der Waals surface area contributed by atoms with Gasteiger partial charge < -0.3 is 9.32 Å². The molecule has 57 heavy (non-hydrogen) atoms. The molecule has 9 aromatic carbocycles. The average Bonchev–Trinajstić information content (AvgIpc) is 3.66. The lowest BCUT2D eigenvalue weighted by atomic mass is 9.65. The van der Waals surface area contributed by atoms with E-state index >= 15 is 0 Å². The van der Waals surface area contributed by atoms with Crippen molar-refractivity contribution in [3.8, 4) is 44.5 Å². The van der Waals surface area contributed by atoms with Crippen molar-refractivity contribution in [2.24, 2.45) is 0 Å². The largest absolute Gasteiger partial charge is 0.454 e. The second kappa shape index (κ2) is 13.0. The van der Waals surface area contributed by atoms with Crippen LogP contribution >= 0.6 is 0 Å². The summed E-state index contributed by atoms with van der Waals surface area (Å²) in [5.74, 6) is 0. The van der Waals surface area contributed by atoms with Crippen molar-refractivity contribution in [2.45, 2.75) is 19.3 Å². The Morgan fingerprint density at radius 1 is 0.421 bits per heavy atom. The Morgan fingerprint density at radius 2 is 1.00 bits per heavy atom. The minimum absolute atomic E-state index is 0.189. The maximum Gasteiger partial charge on any atom is 0.159 e. The SMILES string of the molecule is CC1(C)c2c(-c3ccccc3)cccc2-c2c(-c3ccc(N(c4ccc(-c5ccccc5)cc4)c4cccc5c4oc4ccccc45)cc3)ccc3cccc1c23. The Labute approximate surface area is 332 Å². The highest BCUT2D eigenvalue weighted by molar-refractivity contribution is 6.12. The average molecular weight is 730 g/mol. The molecule has 0 radical (unpaired) electrons. The van der Waals surface area contributed by atoms with Gasteiger partial charge in [0.15, 0.2) is 5.58 Å². The van der Waals surface area contributed by atoms with Crippen LogP contribution in [0.3, 0.4) is 0 Å². The van der Waals surface area contributed by atoms with Gasteiger partial charge in [0, 0.05) is 27.6 Å². The lowest BCUT2D eigenvalue weighted by Crippen LogP contribution is -2.25. The first-order valence-electron chi connectivity index (χ1n) is 19.8. The van der Waals surface area contributed by atoms with Crippen LogP contribution in [0.15, 0.2) is 205 Å². The first-order chi connectivity index (χ1) is 28.0. The molecule has 2 nitrogen and oxygen atoms in total. The monoisotopic (exact) mass is 729 g/mol. The van der Waals surface area contributed by atoms with Crippen molar-refractivity contribution in [2.75, 3.05) is 4.90 Å². The van der Waals surface area contributed by atoms with Gasteiger partial charge in [0.1, 0.15) is 5.58 Å². The van der Waals surface area contributed by atoms with Gasteiger partial charge in [0.2, 0.25) is 0 Å². The summed E-state index contributed by atoms with van der Waals surface area (Å²) in [6.07, 6.45) is 0. The highest BCUT2D eigenvalue weighted by Gasteiger charge is 2.36. The van der Waals surface area contributed by atoms with Crippen LogP contribution in [-0.2, 0) is 5.41 Å². The molecule has 0 spiro atoms. The standard InChI is InChI=1S/C55H39NO/c1-55(2)48-23-11-18-40-30-35-43(52(51(40)48)47-22-12-20-44(53(47)55)38-16-7-4-8-17-38)39-28-33-42(34-29-39)56(41-31-26-37(27-32-41)36-14-5-3-6-15-36)49-24-13-21-46-45-19-9-10-25-50(45)57-54(46)49/h3-35H,1-2H3. The summed E-state index contributed by atoms with van der Waals surface area (Å²) in [6, 6.07) is 72.4. The van der Waals surface area contributed by atoms with Crippen molar-refractivity contribution in [3.63, 3.8) is 0 Å². The molecular weight excluding hydrogens is 691 g/mol. The Kier molecular flexibility index (Phi) is 7.55. The third-order valence-corrected chi connectivity index (χ3v) is 12.1. The van der Waals surface area contributed by atoms with Crippen LogP contribution in [0, 0.1) is 0 Å². The molecule has 0 amide bonds.